The highest BCUT2D eigenvalue weighted by atomic mass is 19.1. The van der Waals surface area contributed by atoms with Gasteiger partial charge in [0.15, 0.2) is 0 Å². The Kier molecular flexibility index (Phi) is 3.97. The quantitative estimate of drug-likeness (QED) is 0.637. The van der Waals surface area contributed by atoms with Gasteiger partial charge in [-0.15, -0.1) is 0 Å². The van der Waals surface area contributed by atoms with Crippen molar-refractivity contribution in [3.8, 4) is 0 Å². The van der Waals surface area contributed by atoms with Crippen molar-refractivity contribution < 1.29 is 19.2 Å². The van der Waals surface area contributed by atoms with Gasteiger partial charge in [-0.05, 0) is 12.5 Å². The number of pyridine rings is 1. The molecule has 2 heterocycles. The van der Waals surface area contributed by atoms with Crippen molar-refractivity contribution in [3.05, 3.63) is 28.6 Å². The molecule has 0 bridgehead atoms. The summed E-state index contributed by atoms with van der Waals surface area (Å²) >= 11 is 0. The van der Waals surface area contributed by atoms with Gasteiger partial charge in [0.05, 0.1) is 11.0 Å². The number of carbonyl (C=O) groups is 1. The zero-order valence-electron chi connectivity index (χ0n) is 10.4. The standard InChI is InChI=1S/C11H13FN4O4/c12-7-2-4-15(6-8(7)14-11(17)18)9-1-3-13-5-10(9)16(19)20/h1,3,5,7-8,14H,2,4,6H2,(H,17,18)/t7-,8-/m0/s1. The summed E-state index contributed by atoms with van der Waals surface area (Å²) in [5, 5.41) is 21.7. The van der Waals surface area contributed by atoms with Crippen molar-refractivity contribution in [1.29, 1.82) is 0 Å². The summed E-state index contributed by atoms with van der Waals surface area (Å²) in [4.78, 5) is 26.3. The van der Waals surface area contributed by atoms with Crippen LogP contribution in [-0.4, -0.2) is 46.4 Å². The van der Waals surface area contributed by atoms with E-state index in [9.17, 15) is 19.3 Å². The second-order valence-corrected chi connectivity index (χ2v) is 4.43. The third-order valence-electron chi connectivity index (χ3n) is 3.15. The Hall–Kier alpha value is -2.45. The number of nitro groups is 1. The van der Waals surface area contributed by atoms with Crippen LogP contribution in [0.5, 0.6) is 0 Å². The van der Waals surface area contributed by atoms with Gasteiger partial charge < -0.3 is 15.3 Å². The van der Waals surface area contributed by atoms with Gasteiger partial charge in [0.2, 0.25) is 0 Å². The number of carboxylic acid groups (broad SMARTS) is 1. The second-order valence-electron chi connectivity index (χ2n) is 4.43. The van der Waals surface area contributed by atoms with Crippen LogP contribution in [0, 0.1) is 10.1 Å². The molecule has 1 aliphatic heterocycles. The van der Waals surface area contributed by atoms with E-state index in [-0.39, 0.29) is 25.2 Å². The maximum atomic E-state index is 13.7. The van der Waals surface area contributed by atoms with Crippen molar-refractivity contribution in [1.82, 2.24) is 10.3 Å². The molecule has 0 saturated carbocycles. The van der Waals surface area contributed by atoms with Gasteiger partial charge in [-0.25, -0.2) is 9.18 Å². The molecule has 1 saturated heterocycles. The van der Waals surface area contributed by atoms with Gasteiger partial charge >= 0.3 is 11.8 Å². The first-order chi connectivity index (χ1) is 9.49. The lowest BCUT2D eigenvalue weighted by Gasteiger charge is -2.35. The second kappa shape index (κ2) is 5.68. The Balaban J connectivity index is 2.21. The van der Waals surface area contributed by atoms with E-state index in [0.29, 0.717) is 5.69 Å². The normalized spacial score (nSPS) is 22.4. The largest absolute Gasteiger partial charge is 0.465 e. The Bertz CT molecular complexity index is 527. The molecule has 2 atom stereocenters. The van der Waals surface area contributed by atoms with Crippen molar-refractivity contribution in [2.75, 3.05) is 18.0 Å². The van der Waals surface area contributed by atoms with E-state index in [1.807, 2.05) is 0 Å². The van der Waals surface area contributed by atoms with Gasteiger partial charge in [-0.1, -0.05) is 0 Å². The third kappa shape index (κ3) is 2.92. The predicted molar refractivity (Wildman–Crippen MR) is 67.6 cm³/mol. The molecule has 1 aromatic rings. The van der Waals surface area contributed by atoms with Gasteiger partial charge in [-0.3, -0.25) is 15.1 Å². The van der Waals surface area contributed by atoms with E-state index in [1.165, 1.54) is 12.3 Å². The number of halogens is 1. The zero-order chi connectivity index (χ0) is 14.7. The highest BCUT2D eigenvalue weighted by molar-refractivity contribution is 5.66. The predicted octanol–water partition coefficient (Wildman–Crippen LogP) is 1.17. The van der Waals surface area contributed by atoms with E-state index in [2.05, 4.69) is 10.3 Å². The number of aromatic nitrogens is 1. The molecule has 1 amide bonds. The molecule has 2 rings (SSSR count). The number of rotatable bonds is 3. The summed E-state index contributed by atoms with van der Waals surface area (Å²) in [6.45, 7) is 0.322. The highest BCUT2D eigenvalue weighted by Crippen LogP contribution is 2.29. The fourth-order valence-electron chi connectivity index (χ4n) is 2.22. The molecule has 2 N–H and O–H groups in total. The highest BCUT2D eigenvalue weighted by Gasteiger charge is 2.32. The van der Waals surface area contributed by atoms with Crippen molar-refractivity contribution >= 4 is 17.5 Å². The number of amides is 1. The van der Waals surface area contributed by atoms with Crippen LogP contribution in [0.2, 0.25) is 0 Å². The number of hydrogen-bond acceptors (Lipinski definition) is 5. The molecule has 0 aliphatic carbocycles. The van der Waals surface area contributed by atoms with Crippen molar-refractivity contribution in [2.45, 2.75) is 18.6 Å². The van der Waals surface area contributed by atoms with Crippen LogP contribution in [0.1, 0.15) is 6.42 Å². The van der Waals surface area contributed by atoms with Crippen LogP contribution in [0.4, 0.5) is 20.6 Å². The zero-order valence-corrected chi connectivity index (χ0v) is 10.4. The summed E-state index contributed by atoms with van der Waals surface area (Å²) in [5.41, 5.74) is 0.132. The minimum atomic E-state index is -1.32. The number of hydrogen-bond donors (Lipinski definition) is 2. The van der Waals surface area contributed by atoms with E-state index in [0.717, 1.165) is 6.20 Å². The summed E-state index contributed by atoms with van der Waals surface area (Å²) in [5.74, 6) is 0. The topological polar surface area (TPSA) is 109 Å². The van der Waals surface area contributed by atoms with Crippen LogP contribution >= 0.6 is 0 Å². The maximum Gasteiger partial charge on any atom is 0.405 e. The minimum Gasteiger partial charge on any atom is -0.465 e. The first-order valence-corrected chi connectivity index (χ1v) is 5.96. The molecular formula is C11H13FN4O4. The fraction of sp³-hybridized carbons (Fsp3) is 0.455. The maximum absolute atomic E-state index is 13.7. The molecule has 1 aromatic heterocycles. The van der Waals surface area contributed by atoms with E-state index >= 15 is 0 Å². The van der Waals surface area contributed by atoms with Crippen LogP contribution in [0.25, 0.3) is 0 Å². The first kappa shape index (κ1) is 14.0. The molecule has 1 fully saturated rings. The molecule has 0 aromatic carbocycles. The Morgan fingerprint density at radius 3 is 3.05 bits per heavy atom. The Morgan fingerprint density at radius 1 is 1.65 bits per heavy atom. The molecule has 0 radical (unpaired) electrons. The summed E-state index contributed by atoms with van der Waals surface area (Å²) in [6.07, 6.45) is 0.0108. The lowest BCUT2D eigenvalue weighted by atomic mass is 10.0. The van der Waals surface area contributed by atoms with Crippen LogP contribution in [-0.2, 0) is 0 Å². The molecule has 20 heavy (non-hydrogen) atoms. The van der Waals surface area contributed by atoms with Gasteiger partial charge in [-0.2, -0.15) is 0 Å². The number of alkyl halides is 1. The smallest absolute Gasteiger partial charge is 0.405 e. The average Bonchev–Trinajstić information content (AvgIpc) is 2.40. The average molecular weight is 284 g/mol. The molecule has 9 heteroatoms. The SMILES string of the molecule is O=C(O)N[C@H]1CN(c2ccncc2[N+](=O)[O-])CC[C@@H]1F. The monoisotopic (exact) mass is 284 g/mol. The molecule has 1 aliphatic rings. The number of anilines is 1. The van der Waals surface area contributed by atoms with E-state index in [1.54, 1.807) is 4.90 Å². The van der Waals surface area contributed by atoms with Crippen molar-refractivity contribution in [3.63, 3.8) is 0 Å². The molecule has 8 nitrogen and oxygen atoms in total. The van der Waals surface area contributed by atoms with E-state index in [4.69, 9.17) is 5.11 Å². The lowest BCUT2D eigenvalue weighted by molar-refractivity contribution is -0.384. The van der Waals surface area contributed by atoms with E-state index < -0.39 is 23.2 Å². The first-order valence-electron chi connectivity index (χ1n) is 5.96. The number of nitrogens with one attached hydrogen (secondary N) is 1. The Labute approximate surface area is 113 Å². The van der Waals surface area contributed by atoms with Crippen LogP contribution < -0.4 is 10.2 Å². The minimum absolute atomic E-state index is 0.0400. The number of piperidine rings is 1. The summed E-state index contributed by atoms with van der Waals surface area (Å²) in [6, 6.07) is 0.558. The van der Waals surface area contributed by atoms with Gasteiger partial charge in [0.25, 0.3) is 0 Å². The lowest BCUT2D eigenvalue weighted by Crippen LogP contribution is -2.53. The van der Waals surface area contributed by atoms with Crippen LogP contribution in [0.15, 0.2) is 18.5 Å². The van der Waals surface area contributed by atoms with Crippen molar-refractivity contribution in [2.24, 2.45) is 0 Å². The summed E-state index contributed by atoms with van der Waals surface area (Å²) < 4.78 is 13.7. The molecule has 0 spiro atoms. The number of nitrogens with zero attached hydrogens (tertiary/aromatic N) is 3. The summed E-state index contributed by atoms with van der Waals surface area (Å²) in [7, 11) is 0. The third-order valence-corrected chi connectivity index (χ3v) is 3.15. The Morgan fingerprint density at radius 2 is 2.40 bits per heavy atom. The van der Waals surface area contributed by atoms with Crippen LogP contribution in [0.3, 0.4) is 0 Å². The molecule has 108 valence electrons. The van der Waals surface area contributed by atoms with Gasteiger partial charge in [0, 0.05) is 19.3 Å². The van der Waals surface area contributed by atoms with Gasteiger partial charge in [0.1, 0.15) is 18.1 Å². The fourth-order valence-corrected chi connectivity index (χ4v) is 2.22. The molecule has 0 unspecified atom stereocenters. The molecular weight excluding hydrogens is 271 g/mol.